The van der Waals surface area contributed by atoms with Crippen LogP contribution in [-0.4, -0.2) is 93.9 Å². The van der Waals surface area contributed by atoms with Crippen molar-refractivity contribution in [2.24, 2.45) is 5.92 Å². The molecule has 1 atom stereocenters. The minimum Gasteiger partial charge on any atom is -0.475 e. The molecule has 4 heterocycles. The molecule has 1 aromatic heterocycles. The monoisotopic (exact) mass is 582 g/mol. The number of hydrogen-bond donors (Lipinski definition) is 2. The molecule has 0 aromatic carbocycles. The van der Waals surface area contributed by atoms with Crippen molar-refractivity contribution in [3.8, 4) is 0 Å². The van der Waals surface area contributed by atoms with Gasteiger partial charge in [-0.3, -0.25) is 4.90 Å². The van der Waals surface area contributed by atoms with Crippen LogP contribution in [0.3, 0.4) is 0 Å². The SMILES string of the molecule is Cc1ncsc1CN1CC2(CC(OCC3CCOCC3)CS2)C1.O=C(O)C(F)(F)F.O=C(O)C(F)(F)F. The highest BCUT2D eigenvalue weighted by Crippen LogP contribution is 2.46. The van der Waals surface area contributed by atoms with Crippen molar-refractivity contribution in [1.29, 1.82) is 0 Å². The highest BCUT2D eigenvalue weighted by molar-refractivity contribution is 8.01. The maximum atomic E-state index is 10.6. The number of ether oxygens (including phenoxy) is 2. The van der Waals surface area contributed by atoms with E-state index >= 15 is 0 Å². The lowest BCUT2D eigenvalue weighted by Gasteiger charge is -2.47. The van der Waals surface area contributed by atoms with Crippen LogP contribution < -0.4 is 0 Å². The topological polar surface area (TPSA) is 109 Å². The van der Waals surface area contributed by atoms with Gasteiger partial charge >= 0.3 is 24.3 Å². The Morgan fingerprint density at radius 1 is 1.14 bits per heavy atom. The van der Waals surface area contributed by atoms with Crippen molar-refractivity contribution in [3.63, 3.8) is 0 Å². The van der Waals surface area contributed by atoms with E-state index in [1.165, 1.54) is 48.7 Å². The van der Waals surface area contributed by atoms with Gasteiger partial charge in [0.05, 0.1) is 17.3 Å². The summed E-state index contributed by atoms with van der Waals surface area (Å²) >= 11 is 3.93. The second-order valence-electron chi connectivity index (χ2n) is 8.82. The molecule has 212 valence electrons. The zero-order chi connectivity index (χ0) is 27.9. The molecule has 1 spiro atoms. The number of aryl methyl sites for hydroxylation is 1. The molecule has 3 fully saturated rings. The Balaban J connectivity index is 0.000000286. The predicted molar refractivity (Wildman–Crippen MR) is 123 cm³/mol. The zero-order valence-electron chi connectivity index (χ0n) is 19.8. The smallest absolute Gasteiger partial charge is 0.475 e. The summed E-state index contributed by atoms with van der Waals surface area (Å²) < 4.78 is 75.6. The molecule has 0 bridgehead atoms. The van der Waals surface area contributed by atoms with E-state index in [2.05, 4.69) is 28.6 Å². The summed E-state index contributed by atoms with van der Waals surface area (Å²) in [5, 5.41) is 14.2. The molecule has 3 saturated heterocycles. The van der Waals surface area contributed by atoms with Gasteiger partial charge in [-0.2, -0.15) is 26.3 Å². The Hall–Kier alpha value is -1.62. The van der Waals surface area contributed by atoms with Crippen molar-refractivity contribution < 1.29 is 55.6 Å². The van der Waals surface area contributed by atoms with Gasteiger partial charge in [0.25, 0.3) is 0 Å². The summed E-state index contributed by atoms with van der Waals surface area (Å²) in [7, 11) is 0. The number of aromatic nitrogens is 1. The molecule has 4 rings (SSSR count). The van der Waals surface area contributed by atoms with Crippen LogP contribution in [0.5, 0.6) is 0 Å². The molecule has 0 radical (unpaired) electrons. The number of alkyl halides is 6. The fourth-order valence-corrected chi connectivity index (χ4v) is 6.30. The lowest BCUT2D eigenvalue weighted by atomic mass is 9.92. The number of halogens is 6. The molecule has 0 amide bonds. The van der Waals surface area contributed by atoms with Crippen molar-refractivity contribution in [3.05, 3.63) is 16.1 Å². The molecule has 1 aromatic rings. The highest BCUT2D eigenvalue weighted by atomic mass is 32.2. The molecule has 0 aliphatic carbocycles. The highest BCUT2D eigenvalue weighted by Gasteiger charge is 2.49. The first-order valence-corrected chi connectivity index (χ1v) is 13.0. The van der Waals surface area contributed by atoms with Gasteiger partial charge in [0.1, 0.15) is 0 Å². The zero-order valence-corrected chi connectivity index (χ0v) is 21.4. The second-order valence-corrected chi connectivity index (χ2v) is 11.2. The van der Waals surface area contributed by atoms with Gasteiger partial charge in [-0.25, -0.2) is 14.6 Å². The molecule has 0 saturated carbocycles. The molecule has 16 heteroatoms. The van der Waals surface area contributed by atoms with E-state index in [1.54, 1.807) is 11.3 Å². The molecular weight excluding hydrogens is 554 g/mol. The van der Waals surface area contributed by atoms with E-state index in [4.69, 9.17) is 29.3 Å². The average molecular weight is 583 g/mol. The fraction of sp³-hybridized carbons (Fsp3) is 0.762. The molecule has 1 unspecified atom stereocenters. The van der Waals surface area contributed by atoms with E-state index in [0.29, 0.717) is 10.9 Å². The first-order chi connectivity index (χ1) is 17.1. The second kappa shape index (κ2) is 13.4. The average Bonchev–Trinajstić information content (AvgIpc) is 3.39. The molecular formula is C21H28F6N2O6S2. The summed E-state index contributed by atoms with van der Waals surface area (Å²) in [6.45, 7) is 8.40. The standard InChI is InChI=1S/C17H26N2O2S2.2C2HF3O2/c1-13-16(22-12-18-13)7-19-10-17(11-19)6-15(9-23-17)21-8-14-2-4-20-5-3-14;2*3-2(4,5)1(6)7/h12,14-15H,2-11H2,1H3;2*(H,6,7). The Morgan fingerprint density at radius 3 is 2.14 bits per heavy atom. The van der Waals surface area contributed by atoms with E-state index < -0.39 is 24.3 Å². The van der Waals surface area contributed by atoms with Gasteiger partial charge in [0.15, 0.2) is 0 Å². The van der Waals surface area contributed by atoms with Crippen molar-refractivity contribution in [1.82, 2.24) is 9.88 Å². The number of carboxylic acids is 2. The maximum Gasteiger partial charge on any atom is 0.490 e. The number of aliphatic carboxylic acids is 2. The molecule has 3 aliphatic rings. The summed E-state index contributed by atoms with van der Waals surface area (Å²) in [5.41, 5.74) is 3.16. The number of carbonyl (C=O) groups is 2. The number of hydrogen-bond acceptors (Lipinski definition) is 8. The Labute approximate surface area is 217 Å². The number of likely N-dealkylation sites (tertiary alicyclic amines) is 1. The summed E-state index contributed by atoms with van der Waals surface area (Å²) in [4.78, 5) is 26.1. The molecule has 8 nitrogen and oxygen atoms in total. The third kappa shape index (κ3) is 10.6. The molecule has 2 N–H and O–H groups in total. The van der Waals surface area contributed by atoms with Crippen LogP contribution in [0.1, 0.15) is 29.8 Å². The third-order valence-corrected chi connectivity index (χ3v) is 8.30. The van der Waals surface area contributed by atoms with Crippen molar-refractivity contribution >= 4 is 35.0 Å². The normalized spacial score (nSPS) is 21.9. The number of carboxylic acid groups (broad SMARTS) is 2. The summed E-state index contributed by atoms with van der Waals surface area (Å²) in [5.74, 6) is -3.62. The van der Waals surface area contributed by atoms with Gasteiger partial charge in [0.2, 0.25) is 0 Å². The fourth-order valence-electron chi connectivity index (χ4n) is 3.88. The largest absolute Gasteiger partial charge is 0.490 e. The number of thiazole rings is 1. The van der Waals surface area contributed by atoms with Crippen LogP contribution in [0.25, 0.3) is 0 Å². The van der Waals surface area contributed by atoms with E-state index in [0.717, 1.165) is 32.3 Å². The van der Waals surface area contributed by atoms with Crippen molar-refractivity contribution in [2.75, 3.05) is 38.7 Å². The lowest BCUT2D eigenvalue weighted by molar-refractivity contribution is -0.193. The van der Waals surface area contributed by atoms with Crippen LogP contribution in [0.2, 0.25) is 0 Å². The van der Waals surface area contributed by atoms with Gasteiger partial charge in [0, 0.05) is 54.8 Å². The van der Waals surface area contributed by atoms with Gasteiger partial charge in [-0.1, -0.05) is 0 Å². The number of rotatable bonds is 5. The quantitative estimate of drug-likeness (QED) is 0.494. The van der Waals surface area contributed by atoms with Crippen LogP contribution >= 0.6 is 23.1 Å². The van der Waals surface area contributed by atoms with Gasteiger partial charge < -0.3 is 19.7 Å². The molecule has 37 heavy (non-hydrogen) atoms. The number of thioether (sulfide) groups is 1. The third-order valence-electron chi connectivity index (χ3n) is 5.80. The maximum absolute atomic E-state index is 10.6. The summed E-state index contributed by atoms with van der Waals surface area (Å²) in [6.07, 6.45) is -6.12. The van der Waals surface area contributed by atoms with Crippen LogP contribution in [0, 0.1) is 12.8 Å². The molecule has 3 aliphatic heterocycles. The first-order valence-electron chi connectivity index (χ1n) is 11.2. The van der Waals surface area contributed by atoms with Crippen molar-refractivity contribution in [2.45, 2.75) is 55.9 Å². The predicted octanol–water partition coefficient (Wildman–Crippen LogP) is 4.22. The van der Waals surface area contributed by atoms with Crippen LogP contribution in [0.15, 0.2) is 5.51 Å². The van der Waals surface area contributed by atoms with E-state index in [1.807, 2.05) is 5.51 Å². The Kier molecular flexibility index (Phi) is 11.5. The van der Waals surface area contributed by atoms with Crippen LogP contribution in [-0.2, 0) is 25.6 Å². The van der Waals surface area contributed by atoms with Crippen LogP contribution in [0.4, 0.5) is 26.3 Å². The Bertz CT molecular complexity index is 862. The van der Waals surface area contributed by atoms with E-state index in [9.17, 15) is 26.3 Å². The minimum absolute atomic E-state index is 0.468. The first kappa shape index (κ1) is 31.6. The lowest BCUT2D eigenvalue weighted by Crippen LogP contribution is -2.58. The minimum atomic E-state index is -5.08. The summed E-state index contributed by atoms with van der Waals surface area (Å²) in [6, 6.07) is 0. The number of nitrogens with zero attached hydrogens (tertiary/aromatic N) is 2. The van der Waals surface area contributed by atoms with Gasteiger partial charge in [-0.05, 0) is 32.1 Å². The van der Waals surface area contributed by atoms with Gasteiger partial charge in [-0.15, -0.1) is 23.1 Å². The van der Waals surface area contributed by atoms with E-state index in [-0.39, 0.29) is 0 Å². The Morgan fingerprint density at radius 2 is 1.68 bits per heavy atom.